The standard InChI is InChI=1S/C13H20N2/c1-5-11-8-14-13-10(3)9(2)6-7-12(13)15(11)4/h6-7,11,14H,5,8H2,1-4H3. The molecule has 1 aromatic rings. The molecule has 0 aromatic heterocycles. The van der Waals surface area contributed by atoms with Crippen LogP contribution in [0.25, 0.3) is 0 Å². The molecule has 0 fully saturated rings. The minimum atomic E-state index is 0.625. The molecule has 1 atom stereocenters. The molecule has 1 heterocycles. The van der Waals surface area contributed by atoms with Gasteiger partial charge in [0.25, 0.3) is 0 Å². The van der Waals surface area contributed by atoms with Gasteiger partial charge in [0.15, 0.2) is 0 Å². The highest BCUT2D eigenvalue weighted by molar-refractivity contribution is 5.76. The van der Waals surface area contributed by atoms with Gasteiger partial charge in [-0.05, 0) is 37.5 Å². The van der Waals surface area contributed by atoms with Crippen LogP contribution in [0.5, 0.6) is 0 Å². The predicted octanol–water partition coefficient (Wildman–Crippen LogP) is 2.94. The summed E-state index contributed by atoms with van der Waals surface area (Å²) in [5.41, 5.74) is 5.41. The van der Waals surface area contributed by atoms with Crippen LogP contribution in [0.4, 0.5) is 11.4 Å². The van der Waals surface area contributed by atoms with Crippen LogP contribution >= 0.6 is 0 Å². The molecular weight excluding hydrogens is 184 g/mol. The molecule has 2 rings (SSSR count). The average Bonchev–Trinajstić information content (AvgIpc) is 2.24. The molecule has 2 nitrogen and oxygen atoms in total. The van der Waals surface area contributed by atoms with E-state index in [4.69, 9.17) is 0 Å². The van der Waals surface area contributed by atoms with Crippen LogP contribution in [0.2, 0.25) is 0 Å². The Labute approximate surface area is 92.3 Å². The molecule has 82 valence electrons. The van der Waals surface area contributed by atoms with Crippen LogP contribution in [0, 0.1) is 13.8 Å². The van der Waals surface area contributed by atoms with Gasteiger partial charge in [0, 0.05) is 19.6 Å². The van der Waals surface area contributed by atoms with Gasteiger partial charge >= 0.3 is 0 Å². The maximum Gasteiger partial charge on any atom is 0.0611 e. The summed E-state index contributed by atoms with van der Waals surface area (Å²) in [4.78, 5) is 2.40. The Morgan fingerprint density at radius 1 is 1.40 bits per heavy atom. The van der Waals surface area contributed by atoms with Gasteiger partial charge in [-0.2, -0.15) is 0 Å². The van der Waals surface area contributed by atoms with E-state index in [2.05, 4.69) is 50.2 Å². The first-order chi connectivity index (χ1) is 7.15. The van der Waals surface area contributed by atoms with Crippen molar-refractivity contribution >= 4 is 11.4 Å². The van der Waals surface area contributed by atoms with E-state index in [0.29, 0.717) is 6.04 Å². The summed E-state index contributed by atoms with van der Waals surface area (Å²) in [6.07, 6.45) is 1.19. The van der Waals surface area contributed by atoms with E-state index in [1.54, 1.807) is 0 Å². The summed E-state index contributed by atoms with van der Waals surface area (Å²) >= 11 is 0. The number of aryl methyl sites for hydroxylation is 1. The number of likely N-dealkylation sites (N-methyl/N-ethyl adjacent to an activating group) is 1. The van der Waals surface area contributed by atoms with Gasteiger partial charge in [-0.3, -0.25) is 0 Å². The first-order valence-corrected chi connectivity index (χ1v) is 5.72. The zero-order chi connectivity index (χ0) is 11.0. The number of benzene rings is 1. The summed E-state index contributed by atoms with van der Waals surface area (Å²) in [5.74, 6) is 0. The van der Waals surface area contributed by atoms with Crippen molar-refractivity contribution in [2.24, 2.45) is 0 Å². The van der Waals surface area contributed by atoms with Crippen LogP contribution in [0.15, 0.2) is 12.1 Å². The first kappa shape index (κ1) is 10.3. The van der Waals surface area contributed by atoms with E-state index in [1.165, 1.54) is 28.9 Å². The monoisotopic (exact) mass is 204 g/mol. The second-order valence-electron chi connectivity index (χ2n) is 4.46. The van der Waals surface area contributed by atoms with Crippen LogP contribution < -0.4 is 10.2 Å². The van der Waals surface area contributed by atoms with Crippen LogP contribution in [-0.4, -0.2) is 19.6 Å². The van der Waals surface area contributed by atoms with Crippen molar-refractivity contribution in [3.8, 4) is 0 Å². The molecule has 0 amide bonds. The number of rotatable bonds is 1. The van der Waals surface area contributed by atoms with Crippen molar-refractivity contribution in [3.63, 3.8) is 0 Å². The number of anilines is 2. The Bertz CT molecular complexity index is 371. The third-order valence-electron chi connectivity index (χ3n) is 3.63. The number of nitrogens with one attached hydrogen (secondary N) is 1. The van der Waals surface area contributed by atoms with Crippen molar-refractivity contribution in [2.75, 3.05) is 23.8 Å². The van der Waals surface area contributed by atoms with Gasteiger partial charge < -0.3 is 10.2 Å². The fourth-order valence-electron chi connectivity index (χ4n) is 2.29. The topological polar surface area (TPSA) is 15.3 Å². The molecular formula is C13H20N2. The summed E-state index contributed by atoms with van der Waals surface area (Å²) in [7, 11) is 2.20. The van der Waals surface area contributed by atoms with Gasteiger partial charge in [0.2, 0.25) is 0 Å². The Kier molecular flexibility index (Phi) is 2.59. The molecule has 0 spiro atoms. The Morgan fingerprint density at radius 3 is 2.80 bits per heavy atom. The zero-order valence-electron chi connectivity index (χ0n) is 10.1. The largest absolute Gasteiger partial charge is 0.381 e. The Morgan fingerprint density at radius 2 is 2.13 bits per heavy atom. The fraction of sp³-hybridized carbons (Fsp3) is 0.538. The fourth-order valence-corrected chi connectivity index (χ4v) is 2.29. The molecule has 15 heavy (non-hydrogen) atoms. The maximum atomic E-state index is 3.56. The number of hydrogen-bond acceptors (Lipinski definition) is 2. The lowest BCUT2D eigenvalue weighted by Gasteiger charge is -2.37. The highest BCUT2D eigenvalue weighted by Crippen LogP contribution is 2.35. The number of nitrogens with zero attached hydrogens (tertiary/aromatic N) is 1. The van der Waals surface area contributed by atoms with E-state index in [-0.39, 0.29) is 0 Å². The average molecular weight is 204 g/mol. The predicted molar refractivity (Wildman–Crippen MR) is 66.9 cm³/mol. The van der Waals surface area contributed by atoms with Gasteiger partial charge in [-0.25, -0.2) is 0 Å². The van der Waals surface area contributed by atoms with Crippen molar-refractivity contribution in [3.05, 3.63) is 23.3 Å². The van der Waals surface area contributed by atoms with Crippen LogP contribution in [-0.2, 0) is 0 Å². The van der Waals surface area contributed by atoms with E-state index in [0.717, 1.165) is 6.54 Å². The lowest BCUT2D eigenvalue weighted by atomic mass is 10.0. The summed E-state index contributed by atoms with van der Waals surface area (Å²) in [6, 6.07) is 5.07. The van der Waals surface area contributed by atoms with E-state index in [9.17, 15) is 0 Å². The molecule has 1 unspecified atom stereocenters. The van der Waals surface area contributed by atoms with Crippen LogP contribution in [0.3, 0.4) is 0 Å². The molecule has 0 bridgehead atoms. The van der Waals surface area contributed by atoms with Crippen molar-refractivity contribution in [1.29, 1.82) is 0 Å². The Hall–Kier alpha value is -1.18. The third-order valence-corrected chi connectivity index (χ3v) is 3.63. The van der Waals surface area contributed by atoms with Gasteiger partial charge in [0.1, 0.15) is 0 Å². The van der Waals surface area contributed by atoms with Gasteiger partial charge in [-0.1, -0.05) is 13.0 Å². The van der Waals surface area contributed by atoms with Gasteiger partial charge in [0.05, 0.1) is 11.4 Å². The quantitative estimate of drug-likeness (QED) is 0.756. The molecule has 0 aliphatic carbocycles. The van der Waals surface area contributed by atoms with E-state index in [1.807, 2.05) is 0 Å². The second-order valence-corrected chi connectivity index (χ2v) is 4.46. The first-order valence-electron chi connectivity index (χ1n) is 5.72. The molecule has 0 saturated carbocycles. The highest BCUT2D eigenvalue weighted by atomic mass is 15.2. The summed E-state index contributed by atoms with van der Waals surface area (Å²) < 4.78 is 0. The molecule has 0 saturated heterocycles. The Balaban J connectivity index is 2.45. The third kappa shape index (κ3) is 1.58. The minimum absolute atomic E-state index is 0.625. The molecule has 1 aliphatic heterocycles. The van der Waals surface area contributed by atoms with E-state index >= 15 is 0 Å². The SMILES string of the molecule is CCC1CNc2c(ccc(C)c2C)N1C. The summed E-state index contributed by atoms with van der Waals surface area (Å²) in [5, 5.41) is 3.56. The molecule has 1 aliphatic rings. The smallest absolute Gasteiger partial charge is 0.0611 e. The zero-order valence-corrected chi connectivity index (χ0v) is 10.1. The number of hydrogen-bond donors (Lipinski definition) is 1. The normalized spacial score (nSPS) is 19.7. The molecule has 1 N–H and O–H groups in total. The lowest BCUT2D eigenvalue weighted by molar-refractivity contribution is 0.622. The molecule has 2 heteroatoms. The van der Waals surface area contributed by atoms with E-state index < -0.39 is 0 Å². The van der Waals surface area contributed by atoms with Crippen molar-refractivity contribution in [2.45, 2.75) is 33.2 Å². The maximum absolute atomic E-state index is 3.56. The lowest BCUT2D eigenvalue weighted by Crippen LogP contribution is -2.41. The van der Waals surface area contributed by atoms with Crippen molar-refractivity contribution in [1.82, 2.24) is 0 Å². The second kappa shape index (κ2) is 3.76. The minimum Gasteiger partial charge on any atom is -0.381 e. The van der Waals surface area contributed by atoms with Crippen LogP contribution in [0.1, 0.15) is 24.5 Å². The summed E-state index contributed by atoms with van der Waals surface area (Å²) in [6.45, 7) is 7.67. The molecule has 0 radical (unpaired) electrons. The number of fused-ring (bicyclic) bond motifs is 1. The van der Waals surface area contributed by atoms with Gasteiger partial charge in [-0.15, -0.1) is 0 Å². The molecule has 1 aromatic carbocycles. The highest BCUT2D eigenvalue weighted by Gasteiger charge is 2.22. The van der Waals surface area contributed by atoms with Crippen molar-refractivity contribution < 1.29 is 0 Å².